The highest BCUT2D eigenvalue weighted by Gasteiger charge is 2.16. The third-order valence-electron chi connectivity index (χ3n) is 5.57. The molecule has 164 valence electrons. The second kappa shape index (κ2) is 9.92. The van der Waals surface area contributed by atoms with E-state index in [9.17, 15) is 4.79 Å². The lowest BCUT2D eigenvalue weighted by Gasteiger charge is -2.15. The molecule has 1 N–H and O–H groups in total. The van der Waals surface area contributed by atoms with E-state index in [1.807, 2.05) is 66.7 Å². The van der Waals surface area contributed by atoms with Crippen molar-refractivity contribution in [3.63, 3.8) is 0 Å². The number of fused-ring (bicyclic) bond motifs is 1. The number of carbonyl (C=O) groups excluding carboxylic acids is 1. The molecule has 0 spiro atoms. The Morgan fingerprint density at radius 1 is 1.06 bits per heavy atom. The van der Waals surface area contributed by atoms with Gasteiger partial charge in [-0.2, -0.15) is 0 Å². The van der Waals surface area contributed by atoms with Crippen molar-refractivity contribution in [3.05, 3.63) is 78.4 Å². The van der Waals surface area contributed by atoms with Crippen LogP contribution in [0, 0.1) is 0 Å². The number of amides is 1. The molecule has 0 radical (unpaired) electrons. The van der Waals surface area contributed by atoms with Crippen molar-refractivity contribution in [2.24, 2.45) is 0 Å². The number of anilines is 1. The van der Waals surface area contributed by atoms with Gasteiger partial charge in [-0.05, 0) is 60.4 Å². The Hall–Kier alpha value is -3.25. The van der Waals surface area contributed by atoms with E-state index < -0.39 is 0 Å². The van der Waals surface area contributed by atoms with E-state index >= 15 is 0 Å². The first-order chi connectivity index (χ1) is 15.6. The number of benzene rings is 3. The molecule has 1 aromatic heterocycles. The van der Waals surface area contributed by atoms with Crippen LogP contribution in [0.1, 0.15) is 31.7 Å². The lowest BCUT2D eigenvalue weighted by atomic mass is 9.97. The summed E-state index contributed by atoms with van der Waals surface area (Å²) in [4.78, 5) is 17.6. The van der Waals surface area contributed by atoms with E-state index in [1.165, 1.54) is 17.3 Å². The molecule has 32 heavy (non-hydrogen) atoms. The first-order valence-corrected chi connectivity index (χ1v) is 11.7. The number of hydrogen-bond acceptors (Lipinski definition) is 4. The molecule has 1 amide bonds. The molecule has 4 rings (SSSR count). The summed E-state index contributed by atoms with van der Waals surface area (Å²) >= 11 is 1.43. The molecule has 3 aromatic carbocycles. The van der Waals surface area contributed by atoms with Crippen molar-refractivity contribution < 1.29 is 9.53 Å². The standard InChI is InChI=1S/C26H27N3O2S/c1-4-18(2)21-9-5-6-10-22(21)27-25(30)17-32-26-28-23-11-7-8-12-24(23)29(26)19-13-15-20(31-3)16-14-19/h5-16,18H,4,17H2,1-3H3,(H,27,30)/t18-/m0/s1. The fourth-order valence-corrected chi connectivity index (χ4v) is 4.49. The molecule has 1 heterocycles. The van der Waals surface area contributed by atoms with Crippen molar-refractivity contribution in [1.82, 2.24) is 9.55 Å². The first-order valence-electron chi connectivity index (χ1n) is 10.7. The third-order valence-corrected chi connectivity index (χ3v) is 6.51. The number of ether oxygens (including phenoxy) is 1. The molecule has 0 saturated heterocycles. The largest absolute Gasteiger partial charge is 0.497 e. The second-order valence-electron chi connectivity index (χ2n) is 7.65. The van der Waals surface area contributed by atoms with E-state index in [0.717, 1.165) is 39.7 Å². The first kappa shape index (κ1) is 22.0. The minimum absolute atomic E-state index is 0.0425. The van der Waals surface area contributed by atoms with E-state index in [4.69, 9.17) is 9.72 Å². The van der Waals surface area contributed by atoms with Crippen molar-refractivity contribution in [1.29, 1.82) is 0 Å². The van der Waals surface area contributed by atoms with Gasteiger partial charge in [-0.3, -0.25) is 9.36 Å². The number of methoxy groups -OCH3 is 1. The van der Waals surface area contributed by atoms with Crippen LogP contribution in [0.3, 0.4) is 0 Å². The van der Waals surface area contributed by atoms with Gasteiger partial charge in [0.05, 0.1) is 23.9 Å². The van der Waals surface area contributed by atoms with Gasteiger partial charge in [-0.15, -0.1) is 0 Å². The number of imidazole rings is 1. The highest BCUT2D eigenvalue weighted by molar-refractivity contribution is 7.99. The SMILES string of the molecule is CC[C@H](C)c1ccccc1NC(=O)CSc1nc2ccccc2n1-c1ccc(OC)cc1. The number of para-hydroxylation sites is 3. The van der Waals surface area contributed by atoms with Gasteiger partial charge >= 0.3 is 0 Å². The normalized spacial score (nSPS) is 12.0. The molecule has 1 atom stereocenters. The van der Waals surface area contributed by atoms with Crippen molar-refractivity contribution >= 4 is 34.4 Å². The van der Waals surface area contributed by atoms with Gasteiger partial charge in [-0.1, -0.05) is 55.9 Å². The second-order valence-corrected chi connectivity index (χ2v) is 8.59. The summed E-state index contributed by atoms with van der Waals surface area (Å²) in [5, 5.41) is 3.87. The Morgan fingerprint density at radius 2 is 1.78 bits per heavy atom. The molecule has 0 saturated carbocycles. The van der Waals surface area contributed by atoms with Gasteiger partial charge in [0.2, 0.25) is 5.91 Å². The third kappa shape index (κ3) is 4.65. The van der Waals surface area contributed by atoms with Crippen LogP contribution in [0.15, 0.2) is 78.0 Å². The topological polar surface area (TPSA) is 56.2 Å². The highest BCUT2D eigenvalue weighted by Crippen LogP contribution is 2.30. The van der Waals surface area contributed by atoms with Crippen LogP contribution in [0.25, 0.3) is 16.7 Å². The quantitative estimate of drug-likeness (QED) is 0.324. The molecule has 0 aliphatic carbocycles. The lowest BCUT2D eigenvalue weighted by Crippen LogP contribution is -2.16. The maximum absolute atomic E-state index is 12.8. The van der Waals surface area contributed by atoms with Gasteiger partial charge in [0.25, 0.3) is 0 Å². The Morgan fingerprint density at radius 3 is 2.53 bits per heavy atom. The minimum atomic E-state index is -0.0425. The van der Waals surface area contributed by atoms with Crippen LogP contribution in [-0.2, 0) is 4.79 Å². The Labute approximate surface area is 192 Å². The summed E-state index contributed by atoms with van der Waals surface area (Å²) in [6, 6.07) is 23.9. The van der Waals surface area contributed by atoms with Gasteiger partial charge < -0.3 is 10.1 Å². The average molecular weight is 446 g/mol. The summed E-state index contributed by atoms with van der Waals surface area (Å²) in [5.74, 6) is 1.41. The number of aromatic nitrogens is 2. The predicted molar refractivity (Wildman–Crippen MR) is 132 cm³/mol. The van der Waals surface area contributed by atoms with E-state index in [0.29, 0.717) is 5.92 Å². The van der Waals surface area contributed by atoms with Crippen LogP contribution in [0.2, 0.25) is 0 Å². The van der Waals surface area contributed by atoms with Gasteiger partial charge in [-0.25, -0.2) is 4.98 Å². The fraction of sp³-hybridized carbons (Fsp3) is 0.231. The zero-order valence-corrected chi connectivity index (χ0v) is 19.4. The zero-order chi connectivity index (χ0) is 22.5. The number of rotatable bonds is 8. The van der Waals surface area contributed by atoms with E-state index in [-0.39, 0.29) is 11.7 Å². The number of thioether (sulfide) groups is 1. The molecule has 0 aliphatic heterocycles. The van der Waals surface area contributed by atoms with Crippen LogP contribution in [-0.4, -0.2) is 28.3 Å². The smallest absolute Gasteiger partial charge is 0.234 e. The Kier molecular flexibility index (Phi) is 6.81. The number of nitrogens with zero attached hydrogens (tertiary/aromatic N) is 2. The monoisotopic (exact) mass is 445 g/mol. The number of nitrogens with one attached hydrogen (secondary N) is 1. The molecule has 6 heteroatoms. The summed E-state index contributed by atoms with van der Waals surface area (Å²) in [7, 11) is 1.65. The summed E-state index contributed by atoms with van der Waals surface area (Å²) < 4.78 is 7.37. The van der Waals surface area contributed by atoms with Crippen LogP contribution in [0.5, 0.6) is 5.75 Å². The fourth-order valence-electron chi connectivity index (χ4n) is 3.66. The van der Waals surface area contributed by atoms with Crippen molar-refractivity contribution in [3.8, 4) is 11.4 Å². The molecule has 0 aliphatic rings. The molecule has 0 unspecified atom stereocenters. The van der Waals surface area contributed by atoms with Gasteiger partial charge in [0.1, 0.15) is 5.75 Å². The lowest BCUT2D eigenvalue weighted by molar-refractivity contribution is -0.113. The summed E-state index contributed by atoms with van der Waals surface area (Å²) in [6.07, 6.45) is 1.02. The predicted octanol–water partition coefficient (Wildman–Crippen LogP) is 6.28. The number of hydrogen-bond donors (Lipinski definition) is 1. The Balaban J connectivity index is 1.57. The highest BCUT2D eigenvalue weighted by atomic mass is 32.2. The van der Waals surface area contributed by atoms with E-state index in [2.05, 4.69) is 29.8 Å². The van der Waals surface area contributed by atoms with Gasteiger partial charge in [0, 0.05) is 11.4 Å². The van der Waals surface area contributed by atoms with E-state index in [1.54, 1.807) is 7.11 Å². The molecule has 5 nitrogen and oxygen atoms in total. The van der Waals surface area contributed by atoms with Crippen molar-refractivity contribution in [2.45, 2.75) is 31.3 Å². The summed E-state index contributed by atoms with van der Waals surface area (Å²) in [5.41, 5.74) is 4.93. The van der Waals surface area contributed by atoms with Crippen LogP contribution in [0.4, 0.5) is 5.69 Å². The Bertz CT molecular complexity index is 1220. The van der Waals surface area contributed by atoms with Gasteiger partial charge in [0.15, 0.2) is 5.16 Å². The average Bonchev–Trinajstić information content (AvgIpc) is 3.21. The molecule has 0 fully saturated rings. The number of carbonyl (C=O) groups is 1. The van der Waals surface area contributed by atoms with Crippen molar-refractivity contribution in [2.75, 3.05) is 18.2 Å². The molecular formula is C26H27N3O2S. The maximum Gasteiger partial charge on any atom is 0.234 e. The van der Waals surface area contributed by atoms with Crippen LogP contribution >= 0.6 is 11.8 Å². The molecule has 0 bridgehead atoms. The maximum atomic E-state index is 12.8. The van der Waals surface area contributed by atoms with Crippen LogP contribution < -0.4 is 10.1 Å². The zero-order valence-electron chi connectivity index (χ0n) is 18.5. The molecule has 4 aromatic rings. The summed E-state index contributed by atoms with van der Waals surface area (Å²) in [6.45, 7) is 4.33. The molecular weight excluding hydrogens is 418 g/mol. The minimum Gasteiger partial charge on any atom is -0.497 e.